The van der Waals surface area contributed by atoms with Crippen LogP contribution in [-0.2, 0) is 0 Å². The van der Waals surface area contributed by atoms with Gasteiger partial charge in [-0.1, -0.05) is 0 Å². The highest BCUT2D eigenvalue weighted by molar-refractivity contribution is 5.94. The molecule has 142 valence electrons. The normalized spacial score (nSPS) is 20.7. The third-order valence-corrected chi connectivity index (χ3v) is 5.15. The Labute approximate surface area is 158 Å². The van der Waals surface area contributed by atoms with Gasteiger partial charge in [0.1, 0.15) is 17.7 Å². The first-order valence-electron chi connectivity index (χ1n) is 9.44. The summed E-state index contributed by atoms with van der Waals surface area (Å²) in [6.07, 6.45) is 7.27. The second kappa shape index (κ2) is 7.92. The van der Waals surface area contributed by atoms with Crippen molar-refractivity contribution >= 4 is 11.7 Å². The van der Waals surface area contributed by atoms with Crippen molar-refractivity contribution < 1.29 is 14.6 Å². The highest BCUT2D eigenvalue weighted by Gasteiger charge is 2.26. The maximum atomic E-state index is 12.7. The molecule has 0 bridgehead atoms. The van der Waals surface area contributed by atoms with Crippen molar-refractivity contribution in [2.75, 3.05) is 31.1 Å². The molecule has 1 atom stereocenters. The van der Waals surface area contributed by atoms with Crippen LogP contribution in [0.1, 0.15) is 29.6 Å². The predicted octanol–water partition coefficient (Wildman–Crippen LogP) is 1.73. The van der Waals surface area contributed by atoms with E-state index in [0.29, 0.717) is 25.2 Å². The molecule has 7 nitrogen and oxygen atoms in total. The van der Waals surface area contributed by atoms with E-state index in [-0.39, 0.29) is 18.1 Å². The SMILES string of the molecule is O=C(c1ccc(N2CC[C@@H](O)C2)nc1)N1CCC(Oc2cccnc2)CC1. The third kappa shape index (κ3) is 4.19. The van der Waals surface area contributed by atoms with Crippen LogP contribution in [0.5, 0.6) is 5.75 Å². The van der Waals surface area contributed by atoms with Crippen LogP contribution < -0.4 is 9.64 Å². The van der Waals surface area contributed by atoms with E-state index in [2.05, 4.69) is 9.97 Å². The summed E-state index contributed by atoms with van der Waals surface area (Å²) in [4.78, 5) is 25.1. The van der Waals surface area contributed by atoms with Crippen molar-refractivity contribution in [3.8, 4) is 5.75 Å². The molecule has 7 heteroatoms. The summed E-state index contributed by atoms with van der Waals surface area (Å²) in [7, 11) is 0. The Hall–Kier alpha value is -2.67. The van der Waals surface area contributed by atoms with E-state index in [1.165, 1.54) is 0 Å². The number of aromatic nitrogens is 2. The third-order valence-electron chi connectivity index (χ3n) is 5.15. The Morgan fingerprint density at radius 3 is 2.59 bits per heavy atom. The number of likely N-dealkylation sites (tertiary alicyclic amines) is 1. The van der Waals surface area contributed by atoms with E-state index in [9.17, 15) is 9.90 Å². The lowest BCUT2D eigenvalue weighted by Gasteiger charge is -2.32. The Morgan fingerprint density at radius 1 is 1.11 bits per heavy atom. The molecule has 0 aromatic carbocycles. The van der Waals surface area contributed by atoms with E-state index < -0.39 is 0 Å². The first-order valence-corrected chi connectivity index (χ1v) is 9.44. The van der Waals surface area contributed by atoms with Gasteiger partial charge < -0.3 is 19.6 Å². The molecule has 2 aliphatic heterocycles. The average Bonchev–Trinajstić information content (AvgIpc) is 3.15. The van der Waals surface area contributed by atoms with Gasteiger partial charge in [0, 0.05) is 51.4 Å². The van der Waals surface area contributed by atoms with E-state index in [0.717, 1.165) is 37.4 Å². The van der Waals surface area contributed by atoms with Gasteiger partial charge in [-0.3, -0.25) is 9.78 Å². The number of aliphatic hydroxyl groups is 1. The van der Waals surface area contributed by atoms with E-state index in [1.807, 2.05) is 34.1 Å². The summed E-state index contributed by atoms with van der Waals surface area (Å²) in [5, 5.41) is 9.64. The van der Waals surface area contributed by atoms with Crippen LogP contribution in [0.25, 0.3) is 0 Å². The standard InChI is InChI=1S/C20H24N4O3/c25-16-5-9-24(14-16)19-4-3-15(12-22-19)20(26)23-10-6-17(7-11-23)27-18-2-1-8-21-13-18/h1-4,8,12-13,16-17,25H,5-7,9-11,14H2/t16-/m1/s1. The van der Waals surface area contributed by atoms with Crippen LogP contribution in [0.2, 0.25) is 0 Å². The van der Waals surface area contributed by atoms with Gasteiger partial charge in [0.2, 0.25) is 0 Å². The van der Waals surface area contributed by atoms with Crippen molar-refractivity contribution in [3.05, 3.63) is 48.4 Å². The number of pyridine rings is 2. The van der Waals surface area contributed by atoms with Gasteiger partial charge in [-0.15, -0.1) is 0 Å². The number of hydrogen-bond acceptors (Lipinski definition) is 6. The van der Waals surface area contributed by atoms with Crippen LogP contribution in [-0.4, -0.2) is 64.3 Å². The van der Waals surface area contributed by atoms with Gasteiger partial charge in [0.25, 0.3) is 5.91 Å². The summed E-state index contributed by atoms with van der Waals surface area (Å²) >= 11 is 0. The van der Waals surface area contributed by atoms with Crippen LogP contribution in [0.3, 0.4) is 0 Å². The zero-order chi connectivity index (χ0) is 18.6. The number of piperidine rings is 1. The van der Waals surface area contributed by atoms with Gasteiger partial charge in [0.15, 0.2) is 0 Å². The minimum atomic E-state index is -0.289. The van der Waals surface area contributed by atoms with Crippen LogP contribution in [0, 0.1) is 0 Å². The first-order chi connectivity index (χ1) is 13.2. The summed E-state index contributed by atoms with van der Waals surface area (Å²) in [6, 6.07) is 7.45. The molecule has 2 saturated heterocycles. The molecule has 0 unspecified atom stereocenters. The van der Waals surface area contributed by atoms with Crippen molar-refractivity contribution in [2.45, 2.75) is 31.5 Å². The Kier molecular flexibility index (Phi) is 5.20. The molecule has 2 fully saturated rings. The van der Waals surface area contributed by atoms with Crippen LogP contribution in [0.4, 0.5) is 5.82 Å². The predicted molar refractivity (Wildman–Crippen MR) is 101 cm³/mol. The van der Waals surface area contributed by atoms with Gasteiger partial charge in [-0.25, -0.2) is 4.98 Å². The molecule has 0 saturated carbocycles. The zero-order valence-corrected chi connectivity index (χ0v) is 15.2. The number of carbonyl (C=O) groups excluding carboxylic acids is 1. The molecular formula is C20H24N4O3. The van der Waals surface area contributed by atoms with Crippen molar-refractivity contribution in [1.82, 2.24) is 14.9 Å². The molecule has 0 radical (unpaired) electrons. The average molecular weight is 368 g/mol. The van der Waals surface area contributed by atoms with Gasteiger partial charge >= 0.3 is 0 Å². The largest absolute Gasteiger partial charge is 0.489 e. The molecule has 0 spiro atoms. The molecule has 1 N–H and O–H groups in total. The summed E-state index contributed by atoms with van der Waals surface area (Å²) in [6.45, 7) is 2.74. The second-order valence-corrected chi connectivity index (χ2v) is 7.09. The number of carbonyl (C=O) groups is 1. The van der Waals surface area contributed by atoms with E-state index >= 15 is 0 Å². The number of hydrogen-bond donors (Lipinski definition) is 1. The fourth-order valence-electron chi connectivity index (χ4n) is 3.62. The number of anilines is 1. The molecule has 4 heterocycles. The number of ether oxygens (including phenoxy) is 1. The lowest BCUT2D eigenvalue weighted by molar-refractivity contribution is 0.0594. The summed E-state index contributed by atoms with van der Waals surface area (Å²) in [5.41, 5.74) is 0.602. The van der Waals surface area contributed by atoms with Crippen LogP contribution >= 0.6 is 0 Å². The molecule has 1 amide bonds. The molecule has 2 aliphatic rings. The van der Waals surface area contributed by atoms with Gasteiger partial charge in [0.05, 0.1) is 17.9 Å². The smallest absolute Gasteiger partial charge is 0.255 e. The molecule has 2 aromatic rings. The first kappa shape index (κ1) is 17.7. The maximum absolute atomic E-state index is 12.7. The lowest BCUT2D eigenvalue weighted by atomic mass is 10.1. The number of amides is 1. The quantitative estimate of drug-likeness (QED) is 0.886. The second-order valence-electron chi connectivity index (χ2n) is 7.09. The van der Waals surface area contributed by atoms with Gasteiger partial charge in [-0.2, -0.15) is 0 Å². The molecule has 0 aliphatic carbocycles. The van der Waals surface area contributed by atoms with E-state index in [4.69, 9.17) is 4.74 Å². The summed E-state index contributed by atoms with van der Waals surface area (Å²) < 4.78 is 5.93. The topological polar surface area (TPSA) is 78.8 Å². The maximum Gasteiger partial charge on any atom is 0.255 e. The van der Waals surface area contributed by atoms with Crippen molar-refractivity contribution in [3.63, 3.8) is 0 Å². The Bertz CT molecular complexity index is 761. The molecular weight excluding hydrogens is 344 g/mol. The minimum absolute atomic E-state index is 0.00957. The van der Waals surface area contributed by atoms with E-state index in [1.54, 1.807) is 18.6 Å². The Balaban J connectivity index is 1.31. The highest BCUT2D eigenvalue weighted by atomic mass is 16.5. The summed E-state index contributed by atoms with van der Waals surface area (Å²) in [5.74, 6) is 1.59. The van der Waals surface area contributed by atoms with Crippen LogP contribution in [0.15, 0.2) is 42.9 Å². The number of aliphatic hydroxyl groups excluding tert-OH is 1. The Morgan fingerprint density at radius 2 is 1.96 bits per heavy atom. The van der Waals surface area contributed by atoms with Gasteiger partial charge in [-0.05, 0) is 30.7 Å². The minimum Gasteiger partial charge on any atom is -0.489 e. The highest BCUT2D eigenvalue weighted by Crippen LogP contribution is 2.21. The number of nitrogens with zero attached hydrogens (tertiary/aromatic N) is 4. The fourth-order valence-corrected chi connectivity index (χ4v) is 3.62. The van der Waals surface area contributed by atoms with Crippen molar-refractivity contribution in [1.29, 1.82) is 0 Å². The molecule has 27 heavy (non-hydrogen) atoms. The van der Waals surface area contributed by atoms with Crippen molar-refractivity contribution in [2.24, 2.45) is 0 Å². The monoisotopic (exact) mass is 368 g/mol. The number of β-amino-alcohol motifs (C(OH)–C–C–N with tert-alkyl or cyclic N) is 1. The zero-order valence-electron chi connectivity index (χ0n) is 15.2. The lowest BCUT2D eigenvalue weighted by Crippen LogP contribution is -2.41. The molecule has 2 aromatic heterocycles. The molecule has 4 rings (SSSR count). The number of rotatable bonds is 4. The fraction of sp³-hybridized carbons (Fsp3) is 0.450.